The maximum atomic E-state index is 5.27. The van der Waals surface area contributed by atoms with Gasteiger partial charge in [-0.1, -0.05) is 133 Å². The lowest BCUT2D eigenvalue weighted by Crippen LogP contribution is -1.97. The molecule has 0 bridgehead atoms. The molecule has 0 amide bonds. The van der Waals surface area contributed by atoms with Gasteiger partial charge in [-0.15, -0.1) is 0 Å². The highest BCUT2D eigenvalue weighted by Gasteiger charge is 2.16. The van der Waals surface area contributed by atoms with E-state index in [4.69, 9.17) is 15.0 Å². The molecule has 3 aromatic heterocycles. The molecule has 0 saturated heterocycles. The van der Waals surface area contributed by atoms with Crippen LogP contribution in [-0.4, -0.2) is 19.5 Å². The number of pyridine rings is 2. The van der Waals surface area contributed by atoms with Crippen molar-refractivity contribution < 1.29 is 0 Å². The summed E-state index contributed by atoms with van der Waals surface area (Å²) < 4.78 is 2.25. The Labute approximate surface area is 295 Å². The Morgan fingerprint density at radius 1 is 0.333 bits per heavy atom. The van der Waals surface area contributed by atoms with Crippen LogP contribution >= 0.6 is 0 Å². The molecule has 238 valence electrons. The summed E-state index contributed by atoms with van der Waals surface area (Å²) in [6.45, 7) is 0. The molecule has 10 aromatic rings. The Balaban J connectivity index is 1.06. The van der Waals surface area contributed by atoms with Gasteiger partial charge < -0.3 is 0 Å². The number of fused-ring (bicyclic) bond motifs is 6. The van der Waals surface area contributed by atoms with E-state index in [2.05, 4.69) is 168 Å². The van der Waals surface area contributed by atoms with Crippen molar-refractivity contribution in [1.29, 1.82) is 0 Å². The van der Waals surface area contributed by atoms with Gasteiger partial charge in [-0.2, -0.15) is 0 Å². The molecule has 0 spiro atoms. The van der Waals surface area contributed by atoms with E-state index in [0.29, 0.717) is 0 Å². The molecule has 3 heterocycles. The number of aromatic nitrogens is 4. The van der Waals surface area contributed by atoms with Gasteiger partial charge in [0.25, 0.3) is 0 Å². The van der Waals surface area contributed by atoms with Gasteiger partial charge in [0.15, 0.2) is 0 Å². The molecular weight excluding hydrogens is 621 g/mol. The lowest BCUT2D eigenvalue weighted by Gasteiger charge is -2.14. The lowest BCUT2D eigenvalue weighted by atomic mass is 9.95. The Morgan fingerprint density at radius 3 is 1.69 bits per heavy atom. The first-order valence-electron chi connectivity index (χ1n) is 17.2. The maximum absolute atomic E-state index is 5.27. The first-order valence-corrected chi connectivity index (χ1v) is 17.2. The van der Waals surface area contributed by atoms with E-state index >= 15 is 0 Å². The predicted molar refractivity (Wildman–Crippen MR) is 211 cm³/mol. The van der Waals surface area contributed by atoms with E-state index in [9.17, 15) is 0 Å². The van der Waals surface area contributed by atoms with Crippen LogP contribution in [0.4, 0.5) is 0 Å². The molecule has 7 aromatic carbocycles. The fourth-order valence-electron chi connectivity index (χ4n) is 7.33. The molecule has 0 fully saturated rings. The zero-order valence-corrected chi connectivity index (χ0v) is 27.6. The highest BCUT2D eigenvalue weighted by atomic mass is 15.1. The van der Waals surface area contributed by atoms with Gasteiger partial charge in [-0.3, -0.25) is 4.57 Å². The van der Waals surface area contributed by atoms with Gasteiger partial charge in [0, 0.05) is 38.5 Å². The molecule has 4 heteroatoms. The van der Waals surface area contributed by atoms with Crippen molar-refractivity contribution in [2.24, 2.45) is 0 Å². The second kappa shape index (κ2) is 11.9. The van der Waals surface area contributed by atoms with Gasteiger partial charge in [-0.25, -0.2) is 15.0 Å². The van der Waals surface area contributed by atoms with Crippen LogP contribution in [0.1, 0.15) is 0 Å². The number of nitrogens with zero attached hydrogens (tertiary/aromatic N) is 4. The van der Waals surface area contributed by atoms with Gasteiger partial charge in [0.2, 0.25) is 0 Å². The zero-order valence-electron chi connectivity index (χ0n) is 27.6. The first-order chi connectivity index (χ1) is 25.3. The highest BCUT2D eigenvalue weighted by molar-refractivity contribution is 6.20. The Bertz CT molecular complexity index is 2880. The minimum atomic E-state index is 0.933. The molecule has 0 aliphatic heterocycles. The zero-order chi connectivity index (χ0) is 33.7. The number of hydrogen-bond donors (Lipinski definition) is 0. The summed E-state index contributed by atoms with van der Waals surface area (Å²) in [5.41, 5.74) is 12.6. The second-order valence-corrected chi connectivity index (χ2v) is 12.8. The number of imidazole rings is 1. The lowest BCUT2D eigenvalue weighted by molar-refractivity contribution is 1.10. The van der Waals surface area contributed by atoms with Crippen LogP contribution in [-0.2, 0) is 0 Å². The van der Waals surface area contributed by atoms with E-state index in [1.807, 2.05) is 18.2 Å². The van der Waals surface area contributed by atoms with Crippen molar-refractivity contribution in [3.63, 3.8) is 0 Å². The van der Waals surface area contributed by atoms with E-state index in [0.717, 1.165) is 88.9 Å². The average Bonchev–Trinajstić information content (AvgIpc) is 3.61. The quantitative estimate of drug-likeness (QED) is 0.174. The minimum absolute atomic E-state index is 0.933. The molecule has 0 N–H and O–H groups in total. The predicted octanol–water partition coefficient (Wildman–Crippen LogP) is 11.9. The topological polar surface area (TPSA) is 43.6 Å². The third-order valence-electron chi connectivity index (χ3n) is 9.81. The molecule has 0 unspecified atom stereocenters. The van der Waals surface area contributed by atoms with Crippen molar-refractivity contribution in [1.82, 2.24) is 19.5 Å². The fourth-order valence-corrected chi connectivity index (χ4v) is 7.33. The van der Waals surface area contributed by atoms with Crippen LogP contribution < -0.4 is 0 Å². The molecule has 0 atom stereocenters. The fraction of sp³-hybridized carbons (Fsp3) is 0. The van der Waals surface area contributed by atoms with Crippen LogP contribution in [0.15, 0.2) is 182 Å². The first kappa shape index (κ1) is 29.0. The number of rotatable bonds is 5. The van der Waals surface area contributed by atoms with Crippen LogP contribution in [0.2, 0.25) is 0 Å². The van der Waals surface area contributed by atoms with E-state index in [1.165, 1.54) is 5.39 Å². The summed E-state index contributed by atoms with van der Waals surface area (Å²) >= 11 is 0. The molecule has 0 aliphatic carbocycles. The average molecular weight is 651 g/mol. The van der Waals surface area contributed by atoms with Crippen molar-refractivity contribution in [3.8, 4) is 50.7 Å². The van der Waals surface area contributed by atoms with E-state index in [1.54, 1.807) is 0 Å². The van der Waals surface area contributed by atoms with Gasteiger partial charge in [-0.05, 0) is 65.0 Å². The third-order valence-corrected chi connectivity index (χ3v) is 9.81. The maximum Gasteiger partial charge on any atom is 0.145 e. The molecule has 0 aliphatic rings. The summed E-state index contributed by atoms with van der Waals surface area (Å²) in [7, 11) is 0. The van der Waals surface area contributed by atoms with Crippen LogP contribution in [0.5, 0.6) is 0 Å². The summed E-state index contributed by atoms with van der Waals surface area (Å²) in [5, 5.41) is 4.54. The van der Waals surface area contributed by atoms with E-state index in [-0.39, 0.29) is 0 Å². The second-order valence-electron chi connectivity index (χ2n) is 12.8. The summed E-state index contributed by atoms with van der Waals surface area (Å²) in [6.07, 6.45) is 0. The summed E-state index contributed by atoms with van der Waals surface area (Å²) in [6, 6.07) is 63.7. The van der Waals surface area contributed by atoms with Crippen molar-refractivity contribution in [3.05, 3.63) is 182 Å². The standard InChI is InChI=1S/C47H30N4/c1-3-11-33(12-4-1)40-29-28-39-42(48-40)30-27-38-37-15-7-8-16-41(37)49-46(45(38)39)34-21-19-31(20-22-34)32-23-25-36(26-24-32)51-44-18-10-9-17-43(44)50-47(51)35-13-5-2-6-14-35/h1-30H. The van der Waals surface area contributed by atoms with Gasteiger partial charge >= 0.3 is 0 Å². The number of para-hydroxylation sites is 3. The molecule has 51 heavy (non-hydrogen) atoms. The molecule has 4 nitrogen and oxygen atoms in total. The Hall–Kier alpha value is -6.91. The molecule has 0 saturated carbocycles. The third kappa shape index (κ3) is 4.96. The SMILES string of the molecule is c1ccc(-c2ccc3c(ccc4c5ccccc5nc(-c5ccc(-c6ccc(-n7c(-c8ccccc8)nc8ccccc87)cc6)cc5)c34)n2)cc1. The molecular formula is C47H30N4. The summed E-state index contributed by atoms with van der Waals surface area (Å²) in [5.74, 6) is 0.933. The van der Waals surface area contributed by atoms with Gasteiger partial charge in [0.1, 0.15) is 5.82 Å². The molecule has 0 radical (unpaired) electrons. The van der Waals surface area contributed by atoms with Crippen LogP contribution in [0, 0.1) is 0 Å². The minimum Gasteiger partial charge on any atom is -0.292 e. The van der Waals surface area contributed by atoms with Crippen molar-refractivity contribution >= 4 is 43.6 Å². The normalized spacial score (nSPS) is 11.5. The smallest absolute Gasteiger partial charge is 0.145 e. The van der Waals surface area contributed by atoms with E-state index < -0.39 is 0 Å². The highest BCUT2D eigenvalue weighted by Crippen LogP contribution is 2.38. The van der Waals surface area contributed by atoms with Crippen molar-refractivity contribution in [2.75, 3.05) is 0 Å². The largest absolute Gasteiger partial charge is 0.292 e. The Kier molecular flexibility index (Phi) is 6.78. The van der Waals surface area contributed by atoms with Crippen LogP contribution in [0.3, 0.4) is 0 Å². The summed E-state index contributed by atoms with van der Waals surface area (Å²) in [4.78, 5) is 15.4. The van der Waals surface area contributed by atoms with Crippen molar-refractivity contribution in [2.45, 2.75) is 0 Å². The van der Waals surface area contributed by atoms with Gasteiger partial charge in [0.05, 0.1) is 33.5 Å². The number of hydrogen-bond acceptors (Lipinski definition) is 3. The monoisotopic (exact) mass is 650 g/mol. The van der Waals surface area contributed by atoms with Crippen LogP contribution in [0.25, 0.3) is 94.3 Å². The molecule has 10 rings (SSSR count). The Morgan fingerprint density at radius 2 is 0.922 bits per heavy atom. The number of benzene rings is 7.